The van der Waals surface area contributed by atoms with Gasteiger partial charge in [0.25, 0.3) is 0 Å². The molecule has 0 bridgehead atoms. The number of carbonyl (C=O) groups is 1. The minimum absolute atomic E-state index is 0. The summed E-state index contributed by atoms with van der Waals surface area (Å²) in [7, 11) is 0. The number of amides is 1. The van der Waals surface area contributed by atoms with Gasteiger partial charge in [0.1, 0.15) is 0 Å². The fraction of sp³-hybridized carbons (Fsp3) is 0.769. The number of halogens is 4. The summed E-state index contributed by atoms with van der Waals surface area (Å²) in [6.07, 6.45) is -1.35. The molecule has 0 N–H and O–H groups in total. The van der Waals surface area contributed by atoms with E-state index >= 15 is 0 Å². The van der Waals surface area contributed by atoms with Gasteiger partial charge in [0.15, 0.2) is 0 Å². The molecule has 0 aromatic rings. The van der Waals surface area contributed by atoms with Crippen molar-refractivity contribution in [3.8, 4) is 11.8 Å². The van der Waals surface area contributed by atoms with Crippen LogP contribution in [-0.4, -0.2) is 54.1 Å². The molecular weight excluding hydrogens is 293 g/mol. The maximum atomic E-state index is 12.4. The average molecular weight is 311 g/mol. The summed E-state index contributed by atoms with van der Waals surface area (Å²) in [6, 6.07) is -0.572. The molecule has 2 rings (SSSR count). The van der Waals surface area contributed by atoms with Crippen molar-refractivity contribution in [1.29, 1.82) is 0 Å². The first-order valence-corrected chi connectivity index (χ1v) is 6.57. The van der Waals surface area contributed by atoms with E-state index in [1.807, 2.05) is 0 Å². The van der Waals surface area contributed by atoms with Gasteiger partial charge in [0, 0.05) is 6.54 Å². The first-order valence-electron chi connectivity index (χ1n) is 6.57. The van der Waals surface area contributed by atoms with Gasteiger partial charge in [-0.2, -0.15) is 13.2 Å². The molecule has 0 radical (unpaired) electrons. The van der Waals surface area contributed by atoms with Crippen LogP contribution < -0.4 is 0 Å². The lowest BCUT2D eigenvalue weighted by atomic mass is 10.2. The molecule has 1 amide bonds. The molecule has 0 aliphatic carbocycles. The van der Waals surface area contributed by atoms with Crippen molar-refractivity contribution in [2.45, 2.75) is 37.9 Å². The average Bonchev–Trinajstić information content (AvgIpc) is 2.97. The number of carbonyl (C=O) groups excluding carboxylic acids is 1. The Balaban J connectivity index is 0.00000200. The number of nitrogens with zero attached hydrogens (tertiary/aromatic N) is 2. The van der Waals surface area contributed by atoms with Crippen LogP contribution in [0.4, 0.5) is 13.2 Å². The first-order chi connectivity index (χ1) is 8.98. The number of hydrogen-bond donors (Lipinski definition) is 0. The van der Waals surface area contributed by atoms with Crippen LogP contribution >= 0.6 is 12.4 Å². The summed E-state index contributed by atoms with van der Waals surface area (Å²) in [5.41, 5.74) is 0. The third kappa shape index (κ3) is 4.29. The minimum Gasteiger partial charge on any atom is -0.321 e. The van der Waals surface area contributed by atoms with E-state index in [1.54, 1.807) is 0 Å². The van der Waals surface area contributed by atoms with Crippen molar-refractivity contribution >= 4 is 18.3 Å². The van der Waals surface area contributed by atoms with Gasteiger partial charge in [-0.3, -0.25) is 9.69 Å². The number of alkyl halides is 3. The molecule has 2 fully saturated rings. The predicted molar refractivity (Wildman–Crippen MR) is 71.5 cm³/mol. The van der Waals surface area contributed by atoms with Crippen LogP contribution in [0.5, 0.6) is 0 Å². The quantitative estimate of drug-likeness (QED) is 0.692. The fourth-order valence-corrected chi connectivity index (χ4v) is 2.54. The smallest absolute Gasteiger partial charge is 0.321 e. The van der Waals surface area contributed by atoms with E-state index in [0.717, 1.165) is 30.8 Å². The molecule has 114 valence electrons. The van der Waals surface area contributed by atoms with Crippen LogP contribution in [-0.2, 0) is 4.79 Å². The van der Waals surface area contributed by atoms with Crippen molar-refractivity contribution in [2.24, 2.45) is 0 Å². The zero-order valence-electron chi connectivity index (χ0n) is 11.1. The van der Waals surface area contributed by atoms with E-state index in [4.69, 9.17) is 0 Å². The maximum absolute atomic E-state index is 12.4. The van der Waals surface area contributed by atoms with Gasteiger partial charge < -0.3 is 4.90 Å². The van der Waals surface area contributed by atoms with Gasteiger partial charge in [-0.15, -0.1) is 12.4 Å². The molecule has 7 heteroatoms. The third-order valence-corrected chi connectivity index (χ3v) is 3.53. The monoisotopic (exact) mass is 310 g/mol. The van der Waals surface area contributed by atoms with Gasteiger partial charge in [-0.25, -0.2) is 0 Å². The van der Waals surface area contributed by atoms with Gasteiger partial charge in [0.05, 0.1) is 12.6 Å². The first kappa shape index (κ1) is 17.1. The van der Waals surface area contributed by atoms with E-state index in [0.29, 0.717) is 19.4 Å². The highest BCUT2D eigenvalue weighted by Gasteiger charge is 2.45. The normalized spacial score (nSPS) is 23.1. The molecule has 2 heterocycles. The second kappa shape index (κ2) is 7.19. The summed E-state index contributed by atoms with van der Waals surface area (Å²) >= 11 is 0. The van der Waals surface area contributed by atoms with Crippen LogP contribution in [0.2, 0.25) is 0 Å². The second-order valence-electron chi connectivity index (χ2n) is 4.96. The van der Waals surface area contributed by atoms with Crippen LogP contribution in [0, 0.1) is 11.8 Å². The van der Waals surface area contributed by atoms with Crippen molar-refractivity contribution in [3.63, 3.8) is 0 Å². The summed E-state index contributed by atoms with van der Waals surface area (Å²) in [5, 5.41) is 0. The highest BCUT2D eigenvalue weighted by atomic mass is 35.5. The van der Waals surface area contributed by atoms with Crippen LogP contribution in [0.1, 0.15) is 25.7 Å². The Labute approximate surface area is 122 Å². The summed E-state index contributed by atoms with van der Waals surface area (Å²) in [5.74, 6) is 3.99. The Morgan fingerprint density at radius 1 is 1.15 bits per heavy atom. The van der Waals surface area contributed by atoms with Gasteiger partial charge in [-0.05, 0) is 38.8 Å². The molecule has 0 aromatic carbocycles. The molecule has 2 saturated heterocycles. The van der Waals surface area contributed by atoms with E-state index in [9.17, 15) is 18.0 Å². The van der Waals surface area contributed by atoms with Crippen LogP contribution in [0.25, 0.3) is 0 Å². The highest BCUT2D eigenvalue weighted by molar-refractivity contribution is 5.85. The third-order valence-electron chi connectivity index (χ3n) is 3.53. The van der Waals surface area contributed by atoms with Gasteiger partial charge in [0.2, 0.25) is 0 Å². The molecule has 2 aliphatic rings. The number of rotatable bonds is 1. The largest absolute Gasteiger partial charge is 0.471 e. The SMILES string of the molecule is Cl.O=C(N1CCC[C@@H]1C#CCN1CCCC1)C(F)(F)F. The lowest BCUT2D eigenvalue weighted by molar-refractivity contribution is -0.185. The van der Waals surface area contributed by atoms with Crippen molar-refractivity contribution in [1.82, 2.24) is 9.80 Å². The van der Waals surface area contributed by atoms with Gasteiger partial charge >= 0.3 is 12.1 Å². The Hall–Kier alpha value is -0.930. The molecule has 0 saturated carbocycles. The zero-order chi connectivity index (χ0) is 13.9. The predicted octanol–water partition coefficient (Wildman–Crippen LogP) is 2.06. The molecular formula is C13H18ClF3N2O. The fourth-order valence-electron chi connectivity index (χ4n) is 2.54. The van der Waals surface area contributed by atoms with E-state index in [-0.39, 0.29) is 19.0 Å². The summed E-state index contributed by atoms with van der Waals surface area (Å²) < 4.78 is 37.2. The Bertz CT molecular complexity index is 397. The molecule has 0 unspecified atom stereocenters. The number of likely N-dealkylation sites (tertiary alicyclic amines) is 2. The zero-order valence-corrected chi connectivity index (χ0v) is 11.9. The van der Waals surface area contributed by atoms with Crippen molar-refractivity contribution in [2.75, 3.05) is 26.2 Å². The van der Waals surface area contributed by atoms with Gasteiger partial charge in [-0.1, -0.05) is 11.8 Å². The lowest BCUT2D eigenvalue weighted by Crippen LogP contribution is -2.43. The molecule has 20 heavy (non-hydrogen) atoms. The molecule has 0 aromatic heterocycles. The van der Waals surface area contributed by atoms with Crippen LogP contribution in [0.3, 0.4) is 0 Å². The molecule has 0 spiro atoms. The lowest BCUT2D eigenvalue weighted by Gasteiger charge is -2.21. The maximum Gasteiger partial charge on any atom is 0.471 e. The summed E-state index contributed by atoms with van der Waals surface area (Å²) in [6.45, 7) is 2.75. The number of hydrogen-bond acceptors (Lipinski definition) is 2. The van der Waals surface area contributed by atoms with Crippen molar-refractivity contribution < 1.29 is 18.0 Å². The van der Waals surface area contributed by atoms with Crippen LogP contribution in [0.15, 0.2) is 0 Å². The Morgan fingerprint density at radius 2 is 1.80 bits per heavy atom. The van der Waals surface area contributed by atoms with E-state index in [2.05, 4.69) is 16.7 Å². The second-order valence-corrected chi connectivity index (χ2v) is 4.96. The van der Waals surface area contributed by atoms with E-state index < -0.39 is 18.1 Å². The Kier molecular flexibility index (Phi) is 6.15. The summed E-state index contributed by atoms with van der Waals surface area (Å²) in [4.78, 5) is 14.3. The van der Waals surface area contributed by atoms with E-state index in [1.165, 1.54) is 0 Å². The standard InChI is InChI=1S/C13H17F3N2O.ClH/c14-13(15,16)12(19)18-10-4-6-11(18)5-3-9-17-7-1-2-8-17;/h11H,1-2,4,6-10H2;1H/t11-;/m0./s1. The molecule has 3 nitrogen and oxygen atoms in total. The molecule has 1 atom stereocenters. The minimum atomic E-state index is -4.79. The van der Waals surface area contributed by atoms with Crippen molar-refractivity contribution in [3.05, 3.63) is 0 Å². The highest BCUT2D eigenvalue weighted by Crippen LogP contribution is 2.25. The topological polar surface area (TPSA) is 23.6 Å². The Morgan fingerprint density at radius 3 is 2.40 bits per heavy atom. The molecule has 2 aliphatic heterocycles.